The molecule has 0 atom stereocenters. The Morgan fingerprint density at radius 3 is 2.60 bits per heavy atom. The van der Waals surface area contributed by atoms with E-state index in [0.717, 1.165) is 23.2 Å². The molecule has 2 rings (SSSR count). The quantitative estimate of drug-likeness (QED) is 0.819. The van der Waals surface area contributed by atoms with Gasteiger partial charge in [0, 0.05) is 15.8 Å². The maximum Gasteiger partial charge on any atom is 0.119 e. The molecule has 1 aromatic heterocycles. The van der Waals surface area contributed by atoms with Crippen molar-refractivity contribution in [3.05, 3.63) is 51.1 Å². The largest absolute Gasteiger partial charge is 0.493 e. The van der Waals surface area contributed by atoms with Crippen molar-refractivity contribution in [3.63, 3.8) is 0 Å². The van der Waals surface area contributed by atoms with Crippen LogP contribution in [0.5, 0.6) is 5.75 Å². The number of halogens is 1. The molecule has 1 aromatic carbocycles. The Labute approximate surface area is 102 Å². The standard InChI is InChI=1S/C12H11BrOS/c13-10-3-5-11(6-4-10)14-8-7-12-2-1-9-15-12/h1-6,9H,7-8H2. The lowest BCUT2D eigenvalue weighted by Gasteiger charge is -2.04. The molecule has 1 heterocycles. The summed E-state index contributed by atoms with van der Waals surface area (Å²) in [6.07, 6.45) is 0.980. The van der Waals surface area contributed by atoms with Gasteiger partial charge in [0.05, 0.1) is 6.61 Å². The van der Waals surface area contributed by atoms with Crippen molar-refractivity contribution in [1.29, 1.82) is 0 Å². The molecule has 1 nitrogen and oxygen atoms in total. The van der Waals surface area contributed by atoms with Gasteiger partial charge in [-0.15, -0.1) is 11.3 Å². The molecule has 15 heavy (non-hydrogen) atoms. The highest BCUT2D eigenvalue weighted by molar-refractivity contribution is 9.10. The molecule has 0 bridgehead atoms. The summed E-state index contributed by atoms with van der Waals surface area (Å²) >= 11 is 5.16. The van der Waals surface area contributed by atoms with Crippen LogP contribution in [-0.4, -0.2) is 6.61 Å². The lowest BCUT2D eigenvalue weighted by Crippen LogP contribution is -1.99. The molecule has 78 valence electrons. The molecule has 0 unspecified atom stereocenters. The fourth-order valence-electron chi connectivity index (χ4n) is 1.26. The summed E-state index contributed by atoms with van der Waals surface area (Å²) in [6, 6.07) is 12.1. The summed E-state index contributed by atoms with van der Waals surface area (Å²) in [4.78, 5) is 1.37. The molecule has 0 aliphatic heterocycles. The van der Waals surface area contributed by atoms with Crippen LogP contribution in [0.25, 0.3) is 0 Å². The van der Waals surface area contributed by atoms with Gasteiger partial charge in [-0.2, -0.15) is 0 Å². The van der Waals surface area contributed by atoms with E-state index in [1.165, 1.54) is 4.88 Å². The highest BCUT2D eigenvalue weighted by Crippen LogP contribution is 2.16. The third-order valence-corrected chi connectivity index (χ3v) is 3.48. The SMILES string of the molecule is Brc1ccc(OCCc2cccs2)cc1. The van der Waals surface area contributed by atoms with Gasteiger partial charge in [-0.3, -0.25) is 0 Å². The van der Waals surface area contributed by atoms with E-state index in [0.29, 0.717) is 0 Å². The van der Waals surface area contributed by atoms with Crippen molar-refractivity contribution >= 4 is 27.3 Å². The molecule has 0 aliphatic rings. The van der Waals surface area contributed by atoms with Gasteiger partial charge >= 0.3 is 0 Å². The van der Waals surface area contributed by atoms with Crippen LogP contribution in [0.3, 0.4) is 0 Å². The first-order valence-electron chi connectivity index (χ1n) is 4.75. The van der Waals surface area contributed by atoms with Crippen molar-refractivity contribution in [1.82, 2.24) is 0 Å². The highest BCUT2D eigenvalue weighted by atomic mass is 79.9. The fourth-order valence-corrected chi connectivity index (χ4v) is 2.21. The number of thiophene rings is 1. The first-order valence-corrected chi connectivity index (χ1v) is 6.42. The lowest BCUT2D eigenvalue weighted by molar-refractivity contribution is 0.323. The van der Waals surface area contributed by atoms with E-state index < -0.39 is 0 Å². The molecular formula is C12H11BrOS. The summed E-state index contributed by atoms with van der Waals surface area (Å²) < 4.78 is 6.70. The summed E-state index contributed by atoms with van der Waals surface area (Å²) in [6.45, 7) is 0.738. The number of hydrogen-bond donors (Lipinski definition) is 0. The second-order valence-electron chi connectivity index (χ2n) is 3.13. The minimum absolute atomic E-state index is 0.738. The van der Waals surface area contributed by atoms with Crippen molar-refractivity contribution in [2.75, 3.05) is 6.61 Å². The van der Waals surface area contributed by atoms with Crippen molar-refractivity contribution in [2.24, 2.45) is 0 Å². The van der Waals surface area contributed by atoms with Gasteiger partial charge in [0.1, 0.15) is 5.75 Å². The predicted molar refractivity (Wildman–Crippen MR) is 67.7 cm³/mol. The van der Waals surface area contributed by atoms with E-state index in [1.807, 2.05) is 24.3 Å². The molecule has 3 heteroatoms. The smallest absolute Gasteiger partial charge is 0.119 e. The van der Waals surface area contributed by atoms with E-state index in [-0.39, 0.29) is 0 Å². The number of ether oxygens (including phenoxy) is 1. The average Bonchev–Trinajstić information content (AvgIpc) is 2.74. The summed E-state index contributed by atoms with van der Waals surface area (Å²) in [5.41, 5.74) is 0. The molecule has 0 saturated heterocycles. The monoisotopic (exact) mass is 282 g/mol. The van der Waals surface area contributed by atoms with Crippen LogP contribution >= 0.6 is 27.3 Å². The van der Waals surface area contributed by atoms with Crippen LogP contribution in [0, 0.1) is 0 Å². The van der Waals surface area contributed by atoms with Gasteiger partial charge in [-0.25, -0.2) is 0 Å². The molecule has 2 aromatic rings. The van der Waals surface area contributed by atoms with Gasteiger partial charge < -0.3 is 4.74 Å². The van der Waals surface area contributed by atoms with Crippen LogP contribution in [0.2, 0.25) is 0 Å². The predicted octanol–water partition coefficient (Wildman–Crippen LogP) is 4.13. The van der Waals surface area contributed by atoms with E-state index in [2.05, 4.69) is 33.4 Å². The van der Waals surface area contributed by atoms with Gasteiger partial charge in [0.25, 0.3) is 0 Å². The van der Waals surface area contributed by atoms with Crippen LogP contribution in [-0.2, 0) is 6.42 Å². The lowest BCUT2D eigenvalue weighted by atomic mass is 10.3. The maximum atomic E-state index is 5.62. The van der Waals surface area contributed by atoms with Crippen molar-refractivity contribution in [2.45, 2.75) is 6.42 Å². The Balaban J connectivity index is 1.81. The molecule has 0 amide bonds. The summed E-state index contributed by atoms with van der Waals surface area (Å²) in [5, 5.41) is 2.09. The van der Waals surface area contributed by atoms with E-state index in [1.54, 1.807) is 11.3 Å². The van der Waals surface area contributed by atoms with Crippen LogP contribution in [0.4, 0.5) is 0 Å². The van der Waals surface area contributed by atoms with E-state index >= 15 is 0 Å². The Bertz CT molecular complexity index is 394. The first-order chi connectivity index (χ1) is 7.34. The Kier molecular flexibility index (Phi) is 3.80. The van der Waals surface area contributed by atoms with E-state index in [9.17, 15) is 0 Å². The van der Waals surface area contributed by atoms with E-state index in [4.69, 9.17) is 4.74 Å². The second-order valence-corrected chi connectivity index (χ2v) is 5.08. The molecule has 0 radical (unpaired) electrons. The van der Waals surface area contributed by atoms with Crippen LogP contribution in [0.15, 0.2) is 46.3 Å². The summed E-state index contributed by atoms with van der Waals surface area (Å²) in [7, 11) is 0. The van der Waals surface area contributed by atoms with Crippen molar-refractivity contribution in [3.8, 4) is 5.75 Å². The van der Waals surface area contributed by atoms with Crippen LogP contribution < -0.4 is 4.74 Å². The minimum Gasteiger partial charge on any atom is -0.493 e. The molecule has 0 fully saturated rings. The molecule has 0 spiro atoms. The van der Waals surface area contributed by atoms with Gasteiger partial charge in [-0.1, -0.05) is 22.0 Å². The molecule has 0 aliphatic carbocycles. The maximum absolute atomic E-state index is 5.62. The molecule has 0 N–H and O–H groups in total. The molecular weight excluding hydrogens is 272 g/mol. The zero-order valence-electron chi connectivity index (χ0n) is 8.15. The second kappa shape index (κ2) is 5.33. The summed E-state index contributed by atoms with van der Waals surface area (Å²) in [5.74, 6) is 0.926. The zero-order valence-corrected chi connectivity index (χ0v) is 10.6. The van der Waals surface area contributed by atoms with Gasteiger partial charge in [-0.05, 0) is 35.7 Å². The highest BCUT2D eigenvalue weighted by Gasteiger charge is 1.96. The third kappa shape index (κ3) is 3.36. The normalized spacial score (nSPS) is 10.2. The minimum atomic E-state index is 0.738. The Hall–Kier alpha value is -0.800. The molecule has 0 saturated carbocycles. The number of hydrogen-bond acceptors (Lipinski definition) is 2. The third-order valence-electron chi connectivity index (χ3n) is 2.01. The van der Waals surface area contributed by atoms with Gasteiger partial charge in [0.15, 0.2) is 0 Å². The van der Waals surface area contributed by atoms with Crippen LogP contribution in [0.1, 0.15) is 4.88 Å². The number of rotatable bonds is 4. The average molecular weight is 283 g/mol. The Morgan fingerprint density at radius 2 is 1.93 bits per heavy atom. The topological polar surface area (TPSA) is 9.23 Å². The number of benzene rings is 1. The zero-order chi connectivity index (χ0) is 10.5. The fraction of sp³-hybridized carbons (Fsp3) is 0.167. The first kappa shape index (κ1) is 10.7. The Morgan fingerprint density at radius 1 is 1.13 bits per heavy atom. The van der Waals surface area contributed by atoms with Gasteiger partial charge in [0.2, 0.25) is 0 Å². The van der Waals surface area contributed by atoms with Crippen molar-refractivity contribution < 1.29 is 4.74 Å².